The summed E-state index contributed by atoms with van der Waals surface area (Å²) in [6.07, 6.45) is -1.57. The van der Waals surface area contributed by atoms with Crippen LogP contribution in [0.15, 0.2) is 30.3 Å². The number of hydrogen-bond acceptors (Lipinski definition) is 6. The van der Waals surface area contributed by atoms with E-state index in [1.54, 1.807) is 38.1 Å². The van der Waals surface area contributed by atoms with Gasteiger partial charge < -0.3 is 14.2 Å². The van der Waals surface area contributed by atoms with Gasteiger partial charge in [0.25, 0.3) is 0 Å². The molecule has 1 heterocycles. The molecule has 124 valence electrons. The molecule has 0 bridgehead atoms. The Morgan fingerprint density at radius 3 is 2.39 bits per heavy atom. The van der Waals surface area contributed by atoms with Crippen LogP contribution >= 0.6 is 0 Å². The van der Waals surface area contributed by atoms with Gasteiger partial charge in [0.05, 0.1) is 13.2 Å². The Morgan fingerprint density at radius 1 is 1.13 bits per heavy atom. The van der Waals surface area contributed by atoms with E-state index in [2.05, 4.69) is 0 Å². The first-order valence-corrected chi connectivity index (χ1v) is 7.42. The van der Waals surface area contributed by atoms with Gasteiger partial charge in [0.1, 0.15) is 6.54 Å². The molecular formula is C16H19NO6. The smallest absolute Gasteiger partial charge is 0.411 e. The molecule has 0 aliphatic carbocycles. The van der Waals surface area contributed by atoms with E-state index in [9.17, 15) is 14.4 Å². The molecule has 1 saturated heterocycles. The Hall–Kier alpha value is -2.57. The zero-order valence-corrected chi connectivity index (χ0v) is 13.1. The van der Waals surface area contributed by atoms with Crippen molar-refractivity contribution in [1.29, 1.82) is 0 Å². The van der Waals surface area contributed by atoms with Crippen molar-refractivity contribution >= 4 is 18.0 Å². The fourth-order valence-electron chi connectivity index (χ4n) is 2.40. The third-order valence-electron chi connectivity index (χ3n) is 3.35. The standard InChI is InChI=1S/C16H19NO6/c1-3-21-12(18)10-17-13(15(19)22-4-2)14(23-16(17)20)11-8-6-5-7-9-11/h5-9,13-14H,3-4,10H2,1-2H3/t13-,14+/m0/s1. The van der Waals surface area contributed by atoms with E-state index in [1.165, 1.54) is 0 Å². The second-order valence-corrected chi connectivity index (χ2v) is 4.84. The van der Waals surface area contributed by atoms with Crippen LogP contribution in [0.4, 0.5) is 4.79 Å². The molecule has 1 amide bonds. The molecule has 0 radical (unpaired) electrons. The summed E-state index contributed by atoms with van der Waals surface area (Å²) in [5.74, 6) is -1.22. The quantitative estimate of drug-likeness (QED) is 0.585. The van der Waals surface area contributed by atoms with Crippen molar-refractivity contribution < 1.29 is 28.6 Å². The molecular weight excluding hydrogens is 302 g/mol. The fraction of sp³-hybridized carbons (Fsp3) is 0.438. The van der Waals surface area contributed by atoms with Crippen LogP contribution in [0.5, 0.6) is 0 Å². The molecule has 1 aliphatic heterocycles. The van der Waals surface area contributed by atoms with Crippen molar-refractivity contribution in [1.82, 2.24) is 4.90 Å². The van der Waals surface area contributed by atoms with Crippen molar-refractivity contribution in [2.75, 3.05) is 19.8 Å². The van der Waals surface area contributed by atoms with Gasteiger partial charge in [-0.05, 0) is 19.4 Å². The number of amides is 1. The summed E-state index contributed by atoms with van der Waals surface area (Å²) in [7, 11) is 0. The summed E-state index contributed by atoms with van der Waals surface area (Å²) in [5.41, 5.74) is 0.658. The van der Waals surface area contributed by atoms with Crippen LogP contribution in [0.2, 0.25) is 0 Å². The Bertz CT molecular complexity index is 573. The molecule has 0 aromatic heterocycles. The molecule has 0 unspecified atom stereocenters. The first-order chi connectivity index (χ1) is 11.1. The maximum Gasteiger partial charge on any atom is 0.411 e. The zero-order valence-electron chi connectivity index (χ0n) is 13.1. The lowest BCUT2D eigenvalue weighted by molar-refractivity contribution is -0.151. The lowest BCUT2D eigenvalue weighted by Crippen LogP contribution is -2.44. The van der Waals surface area contributed by atoms with Crippen molar-refractivity contribution in [2.45, 2.75) is 26.0 Å². The minimum atomic E-state index is -1.02. The monoisotopic (exact) mass is 321 g/mol. The number of benzene rings is 1. The van der Waals surface area contributed by atoms with Gasteiger partial charge in [-0.25, -0.2) is 9.59 Å². The summed E-state index contributed by atoms with van der Waals surface area (Å²) in [6.45, 7) is 3.32. The van der Waals surface area contributed by atoms with Gasteiger partial charge in [0, 0.05) is 0 Å². The predicted octanol–water partition coefficient (Wildman–Crippen LogP) is 1.67. The maximum absolute atomic E-state index is 12.3. The lowest BCUT2D eigenvalue weighted by Gasteiger charge is -2.22. The fourth-order valence-corrected chi connectivity index (χ4v) is 2.40. The minimum absolute atomic E-state index is 0.165. The van der Waals surface area contributed by atoms with Gasteiger partial charge in [-0.1, -0.05) is 30.3 Å². The minimum Gasteiger partial charge on any atom is -0.465 e. The predicted molar refractivity (Wildman–Crippen MR) is 79.4 cm³/mol. The number of hydrogen-bond donors (Lipinski definition) is 0. The molecule has 0 saturated carbocycles. The van der Waals surface area contributed by atoms with Crippen LogP contribution < -0.4 is 0 Å². The molecule has 7 nitrogen and oxygen atoms in total. The van der Waals surface area contributed by atoms with Crippen LogP contribution in [0.25, 0.3) is 0 Å². The summed E-state index contributed by atoms with van der Waals surface area (Å²) in [4.78, 5) is 37.1. The summed E-state index contributed by atoms with van der Waals surface area (Å²) in [5, 5.41) is 0. The zero-order chi connectivity index (χ0) is 16.8. The highest BCUT2D eigenvalue weighted by Crippen LogP contribution is 2.33. The first kappa shape index (κ1) is 16.8. The number of cyclic esters (lactones) is 1. The van der Waals surface area contributed by atoms with Crippen LogP contribution in [-0.4, -0.2) is 48.7 Å². The third-order valence-corrected chi connectivity index (χ3v) is 3.35. The number of nitrogens with zero attached hydrogens (tertiary/aromatic N) is 1. The van der Waals surface area contributed by atoms with Crippen LogP contribution in [0, 0.1) is 0 Å². The van der Waals surface area contributed by atoms with Crippen LogP contribution in [-0.2, 0) is 23.8 Å². The lowest BCUT2D eigenvalue weighted by atomic mass is 10.0. The highest BCUT2D eigenvalue weighted by Gasteiger charge is 2.48. The topological polar surface area (TPSA) is 82.1 Å². The largest absolute Gasteiger partial charge is 0.465 e. The Labute approximate surface area is 134 Å². The number of rotatable bonds is 6. The van der Waals surface area contributed by atoms with Gasteiger partial charge >= 0.3 is 18.0 Å². The molecule has 0 spiro atoms. The van der Waals surface area contributed by atoms with Crippen LogP contribution in [0.1, 0.15) is 25.5 Å². The molecule has 1 aromatic rings. The number of esters is 2. The molecule has 0 N–H and O–H groups in total. The summed E-state index contributed by atoms with van der Waals surface area (Å²) >= 11 is 0. The Kier molecular flexibility index (Phi) is 5.56. The van der Waals surface area contributed by atoms with E-state index in [0.717, 1.165) is 4.90 Å². The van der Waals surface area contributed by atoms with E-state index in [4.69, 9.17) is 14.2 Å². The first-order valence-electron chi connectivity index (χ1n) is 7.42. The second kappa shape index (κ2) is 7.62. The van der Waals surface area contributed by atoms with E-state index in [0.29, 0.717) is 5.56 Å². The molecule has 1 aliphatic rings. The average molecular weight is 321 g/mol. The molecule has 1 aromatic carbocycles. The molecule has 23 heavy (non-hydrogen) atoms. The van der Waals surface area contributed by atoms with Crippen molar-refractivity contribution in [2.24, 2.45) is 0 Å². The average Bonchev–Trinajstić information content (AvgIpc) is 2.85. The van der Waals surface area contributed by atoms with Gasteiger partial charge in [0.2, 0.25) is 0 Å². The Morgan fingerprint density at radius 2 is 1.78 bits per heavy atom. The molecule has 7 heteroatoms. The van der Waals surface area contributed by atoms with Crippen molar-refractivity contribution in [3.63, 3.8) is 0 Å². The van der Waals surface area contributed by atoms with Crippen LogP contribution in [0.3, 0.4) is 0 Å². The molecule has 2 atom stereocenters. The van der Waals surface area contributed by atoms with Gasteiger partial charge in [0.15, 0.2) is 12.1 Å². The van der Waals surface area contributed by atoms with Crippen molar-refractivity contribution in [3.8, 4) is 0 Å². The van der Waals surface area contributed by atoms with E-state index in [-0.39, 0.29) is 19.8 Å². The number of carbonyl (C=O) groups excluding carboxylic acids is 3. The van der Waals surface area contributed by atoms with Gasteiger partial charge in [-0.3, -0.25) is 9.69 Å². The SMILES string of the molecule is CCOC(=O)CN1C(=O)O[C@H](c2ccccc2)[C@H]1C(=O)OCC. The highest BCUT2D eigenvalue weighted by atomic mass is 16.6. The maximum atomic E-state index is 12.3. The summed E-state index contributed by atoms with van der Waals surface area (Å²) in [6, 6.07) is 7.85. The number of carbonyl (C=O) groups is 3. The molecule has 2 rings (SSSR count). The third kappa shape index (κ3) is 3.80. The van der Waals surface area contributed by atoms with Gasteiger partial charge in [-0.2, -0.15) is 0 Å². The van der Waals surface area contributed by atoms with E-state index >= 15 is 0 Å². The number of ether oxygens (including phenoxy) is 3. The van der Waals surface area contributed by atoms with Gasteiger partial charge in [-0.15, -0.1) is 0 Å². The highest BCUT2D eigenvalue weighted by molar-refractivity contribution is 5.88. The van der Waals surface area contributed by atoms with E-state index < -0.39 is 30.2 Å². The second-order valence-electron chi connectivity index (χ2n) is 4.84. The van der Waals surface area contributed by atoms with E-state index in [1.807, 2.05) is 6.07 Å². The Balaban J connectivity index is 2.27. The molecule has 1 fully saturated rings. The summed E-state index contributed by atoms with van der Waals surface area (Å²) < 4.78 is 15.2. The van der Waals surface area contributed by atoms with Crippen molar-refractivity contribution in [3.05, 3.63) is 35.9 Å². The normalized spacial score (nSPS) is 20.1.